The molecule has 1 atom stereocenters. The molecule has 1 unspecified atom stereocenters. The molecule has 3 rings (SSSR count). The summed E-state index contributed by atoms with van der Waals surface area (Å²) in [6.07, 6.45) is 3.91. The third-order valence-electron chi connectivity index (χ3n) is 3.65. The van der Waals surface area contributed by atoms with E-state index in [2.05, 4.69) is 35.8 Å². The molecule has 2 N–H and O–H groups in total. The van der Waals surface area contributed by atoms with Gasteiger partial charge in [0.2, 0.25) is 0 Å². The normalized spacial score (nSPS) is 24.2. The standard InChI is InChI=1S/C14H20N2/c1-10-2-3-11-6-7-15-14(13(11)8-10)9-16-12-4-5-12/h2-3,8,12,14-16H,4-7,9H2,1H3. The second-order valence-electron chi connectivity index (χ2n) is 5.14. The Balaban J connectivity index is 1.77. The van der Waals surface area contributed by atoms with Gasteiger partial charge in [-0.25, -0.2) is 0 Å². The van der Waals surface area contributed by atoms with Crippen molar-refractivity contribution in [1.82, 2.24) is 10.6 Å². The molecule has 0 aromatic heterocycles. The van der Waals surface area contributed by atoms with Gasteiger partial charge in [-0.2, -0.15) is 0 Å². The summed E-state index contributed by atoms with van der Waals surface area (Å²) in [5.41, 5.74) is 4.42. The molecule has 86 valence electrons. The highest BCUT2D eigenvalue weighted by Crippen LogP contribution is 2.25. The van der Waals surface area contributed by atoms with Gasteiger partial charge in [-0.05, 0) is 43.9 Å². The van der Waals surface area contributed by atoms with Crippen LogP contribution in [0, 0.1) is 6.92 Å². The second-order valence-corrected chi connectivity index (χ2v) is 5.14. The van der Waals surface area contributed by atoms with Crippen molar-refractivity contribution in [3.63, 3.8) is 0 Å². The van der Waals surface area contributed by atoms with E-state index < -0.39 is 0 Å². The zero-order chi connectivity index (χ0) is 11.0. The fourth-order valence-corrected chi connectivity index (χ4v) is 2.51. The molecule has 0 spiro atoms. The molecule has 1 heterocycles. The third-order valence-corrected chi connectivity index (χ3v) is 3.65. The van der Waals surface area contributed by atoms with E-state index in [1.165, 1.54) is 36.0 Å². The van der Waals surface area contributed by atoms with E-state index in [-0.39, 0.29) is 0 Å². The van der Waals surface area contributed by atoms with Crippen molar-refractivity contribution in [3.8, 4) is 0 Å². The molecule has 0 saturated heterocycles. The molecule has 1 aliphatic carbocycles. The topological polar surface area (TPSA) is 24.1 Å². The van der Waals surface area contributed by atoms with Crippen LogP contribution in [0.15, 0.2) is 18.2 Å². The van der Waals surface area contributed by atoms with Crippen molar-refractivity contribution in [2.75, 3.05) is 13.1 Å². The van der Waals surface area contributed by atoms with Gasteiger partial charge in [0.15, 0.2) is 0 Å². The molecule has 16 heavy (non-hydrogen) atoms. The van der Waals surface area contributed by atoms with Gasteiger partial charge in [-0.15, -0.1) is 0 Å². The maximum absolute atomic E-state index is 3.62. The SMILES string of the molecule is Cc1ccc2c(c1)C(CNC1CC1)NCC2. The molecule has 2 heteroatoms. The first-order chi connectivity index (χ1) is 7.83. The minimum Gasteiger partial charge on any atom is -0.312 e. The molecule has 0 amide bonds. The molecule has 1 aliphatic heterocycles. The smallest absolute Gasteiger partial charge is 0.0449 e. The van der Waals surface area contributed by atoms with Gasteiger partial charge < -0.3 is 10.6 Å². The predicted octanol–water partition coefficient (Wildman–Crippen LogP) is 1.93. The molecular weight excluding hydrogens is 196 g/mol. The molecular formula is C14H20N2. The summed E-state index contributed by atoms with van der Waals surface area (Å²) >= 11 is 0. The van der Waals surface area contributed by atoms with Crippen LogP contribution in [0.25, 0.3) is 0 Å². The zero-order valence-electron chi connectivity index (χ0n) is 9.92. The Labute approximate surface area is 97.4 Å². The van der Waals surface area contributed by atoms with Gasteiger partial charge in [-0.1, -0.05) is 23.8 Å². The number of benzene rings is 1. The molecule has 0 radical (unpaired) electrons. The lowest BCUT2D eigenvalue weighted by atomic mass is 9.92. The van der Waals surface area contributed by atoms with Crippen LogP contribution in [0.1, 0.15) is 35.6 Å². The summed E-state index contributed by atoms with van der Waals surface area (Å²) < 4.78 is 0. The Kier molecular flexibility index (Phi) is 2.70. The van der Waals surface area contributed by atoms with E-state index >= 15 is 0 Å². The van der Waals surface area contributed by atoms with Crippen molar-refractivity contribution in [2.24, 2.45) is 0 Å². The number of hydrogen-bond donors (Lipinski definition) is 2. The van der Waals surface area contributed by atoms with E-state index in [1.807, 2.05) is 0 Å². The zero-order valence-corrected chi connectivity index (χ0v) is 9.92. The second kappa shape index (κ2) is 4.19. The quantitative estimate of drug-likeness (QED) is 0.807. The van der Waals surface area contributed by atoms with Crippen molar-refractivity contribution >= 4 is 0 Å². The van der Waals surface area contributed by atoms with Crippen molar-refractivity contribution in [2.45, 2.75) is 38.3 Å². The van der Waals surface area contributed by atoms with Crippen LogP contribution < -0.4 is 10.6 Å². The lowest BCUT2D eigenvalue weighted by Crippen LogP contribution is -2.37. The van der Waals surface area contributed by atoms with Gasteiger partial charge in [-0.3, -0.25) is 0 Å². The highest BCUT2D eigenvalue weighted by molar-refractivity contribution is 5.36. The van der Waals surface area contributed by atoms with E-state index in [1.54, 1.807) is 0 Å². The van der Waals surface area contributed by atoms with E-state index in [4.69, 9.17) is 0 Å². The predicted molar refractivity (Wildman–Crippen MR) is 66.7 cm³/mol. The molecule has 2 aliphatic rings. The first-order valence-electron chi connectivity index (χ1n) is 6.39. The van der Waals surface area contributed by atoms with Gasteiger partial charge in [0, 0.05) is 18.6 Å². The molecule has 1 aromatic carbocycles. The summed E-state index contributed by atoms with van der Waals surface area (Å²) in [4.78, 5) is 0. The molecule has 1 fully saturated rings. The lowest BCUT2D eigenvalue weighted by Gasteiger charge is -2.27. The van der Waals surface area contributed by atoms with Gasteiger partial charge in [0.1, 0.15) is 0 Å². The number of rotatable bonds is 3. The minimum absolute atomic E-state index is 0.518. The number of fused-ring (bicyclic) bond motifs is 1. The monoisotopic (exact) mass is 216 g/mol. The fourth-order valence-electron chi connectivity index (χ4n) is 2.51. The van der Waals surface area contributed by atoms with Crippen LogP contribution in [0.3, 0.4) is 0 Å². The van der Waals surface area contributed by atoms with E-state index in [9.17, 15) is 0 Å². The maximum atomic E-state index is 3.62. The van der Waals surface area contributed by atoms with Crippen molar-refractivity contribution in [1.29, 1.82) is 0 Å². The Morgan fingerprint density at radius 1 is 1.38 bits per heavy atom. The summed E-state index contributed by atoms with van der Waals surface area (Å²) in [7, 11) is 0. The Bertz CT molecular complexity index is 382. The van der Waals surface area contributed by atoms with Gasteiger partial charge in [0.05, 0.1) is 0 Å². The van der Waals surface area contributed by atoms with Crippen LogP contribution in [-0.2, 0) is 6.42 Å². The summed E-state index contributed by atoms with van der Waals surface area (Å²) in [6.45, 7) is 4.38. The van der Waals surface area contributed by atoms with E-state index in [0.717, 1.165) is 19.1 Å². The van der Waals surface area contributed by atoms with E-state index in [0.29, 0.717) is 6.04 Å². The van der Waals surface area contributed by atoms with Crippen LogP contribution in [0.2, 0.25) is 0 Å². The molecule has 2 nitrogen and oxygen atoms in total. The van der Waals surface area contributed by atoms with Crippen molar-refractivity contribution < 1.29 is 0 Å². The van der Waals surface area contributed by atoms with Gasteiger partial charge in [0.25, 0.3) is 0 Å². The van der Waals surface area contributed by atoms with Crippen LogP contribution in [0.5, 0.6) is 0 Å². The number of hydrogen-bond acceptors (Lipinski definition) is 2. The molecule has 0 bridgehead atoms. The average Bonchev–Trinajstić information content (AvgIpc) is 3.10. The highest BCUT2D eigenvalue weighted by Gasteiger charge is 2.24. The Morgan fingerprint density at radius 2 is 2.25 bits per heavy atom. The summed E-state index contributed by atoms with van der Waals surface area (Å²) in [5, 5.41) is 7.25. The first-order valence-corrected chi connectivity index (χ1v) is 6.39. The number of aryl methyl sites for hydroxylation is 1. The van der Waals surface area contributed by atoms with Crippen LogP contribution in [-0.4, -0.2) is 19.1 Å². The highest BCUT2D eigenvalue weighted by atomic mass is 15.0. The largest absolute Gasteiger partial charge is 0.312 e. The van der Waals surface area contributed by atoms with Crippen LogP contribution in [0.4, 0.5) is 0 Å². The molecule has 1 aromatic rings. The lowest BCUT2D eigenvalue weighted by molar-refractivity contribution is 0.467. The third kappa shape index (κ3) is 2.13. The number of nitrogens with one attached hydrogen (secondary N) is 2. The van der Waals surface area contributed by atoms with Gasteiger partial charge >= 0.3 is 0 Å². The summed E-state index contributed by atoms with van der Waals surface area (Å²) in [5.74, 6) is 0. The first kappa shape index (κ1) is 10.3. The molecule has 1 saturated carbocycles. The maximum Gasteiger partial charge on any atom is 0.0449 e. The van der Waals surface area contributed by atoms with Crippen molar-refractivity contribution in [3.05, 3.63) is 34.9 Å². The fraction of sp³-hybridized carbons (Fsp3) is 0.571. The Morgan fingerprint density at radius 3 is 3.06 bits per heavy atom. The average molecular weight is 216 g/mol. The Hall–Kier alpha value is -0.860. The summed E-state index contributed by atoms with van der Waals surface area (Å²) in [6, 6.07) is 8.20. The minimum atomic E-state index is 0.518. The van der Waals surface area contributed by atoms with Crippen LogP contribution >= 0.6 is 0 Å².